The minimum Gasteiger partial charge on any atom is -0.350 e. The highest BCUT2D eigenvalue weighted by atomic mass is 16.2. The Morgan fingerprint density at radius 2 is 1.70 bits per heavy atom. The van der Waals surface area contributed by atoms with E-state index in [-0.39, 0.29) is 23.1 Å². The molecule has 4 aliphatic rings. The van der Waals surface area contributed by atoms with Crippen LogP contribution in [0.2, 0.25) is 0 Å². The number of amides is 1. The standard InChI is InChI=1S/C21H29N3O3/c1-13(21-9-14-6-15(10-21)8-16(7-14)11-21)22-18(25)5-4-17-12-23(2)20(27)24(3)19(17)26/h4-5,12-16H,6-11H2,1-3H3,(H,22,25)/b5-4+. The normalized spacial score (nSPS) is 32.8. The molecule has 0 aliphatic heterocycles. The zero-order valence-electron chi connectivity index (χ0n) is 16.4. The Morgan fingerprint density at radius 3 is 2.26 bits per heavy atom. The van der Waals surface area contributed by atoms with Crippen LogP contribution in [0.1, 0.15) is 51.0 Å². The van der Waals surface area contributed by atoms with Crippen molar-refractivity contribution in [3.63, 3.8) is 0 Å². The highest BCUT2D eigenvalue weighted by Gasteiger charge is 2.53. The maximum atomic E-state index is 12.5. The molecule has 27 heavy (non-hydrogen) atoms. The SMILES string of the molecule is CC(NC(=O)/C=C/c1cn(C)c(=O)n(C)c1=O)C12CC3CC(CC(C3)C1)C2. The van der Waals surface area contributed by atoms with Crippen LogP contribution in [-0.4, -0.2) is 21.1 Å². The van der Waals surface area contributed by atoms with E-state index in [1.165, 1.54) is 68.5 Å². The molecule has 4 aliphatic carbocycles. The van der Waals surface area contributed by atoms with Crippen molar-refractivity contribution in [3.05, 3.63) is 38.7 Å². The van der Waals surface area contributed by atoms with Crippen LogP contribution in [0.3, 0.4) is 0 Å². The van der Waals surface area contributed by atoms with Crippen LogP contribution in [0.5, 0.6) is 0 Å². The van der Waals surface area contributed by atoms with E-state index in [0.717, 1.165) is 22.3 Å². The van der Waals surface area contributed by atoms with Crippen LogP contribution in [0.25, 0.3) is 6.08 Å². The fourth-order valence-electron chi connectivity index (χ4n) is 6.24. The molecule has 0 radical (unpaired) electrons. The lowest BCUT2D eigenvalue weighted by Crippen LogP contribution is -2.55. The molecular formula is C21H29N3O3. The number of carbonyl (C=O) groups excluding carboxylic acids is 1. The first-order valence-electron chi connectivity index (χ1n) is 10.0. The van der Waals surface area contributed by atoms with Gasteiger partial charge in [-0.15, -0.1) is 0 Å². The van der Waals surface area contributed by atoms with E-state index < -0.39 is 5.56 Å². The molecule has 1 heterocycles. The van der Waals surface area contributed by atoms with Gasteiger partial charge in [-0.2, -0.15) is 0 Å². The van der Waals surface area contributed by atoms with Crippen molar-refractivity contribution in [2.24, 2.45) is 37.3 Å². The zero-order chi connectivity index (χ0) is 19.3. The summed E-state index contributed by atoms with van der Waals surface area (Å²) in [5.41, 5.74) is -0.184. The molecule has 1 aromatic heterocycles. The van der Waals surface area contributed by atoms with Crippen LogP contribution >= 0.6 is 0 Å². The van der Waals surface area contributed by atoms with Crippen molar-refractivity contribution in [1.29, 1.82) is 0 Å². The molecule has 5 rings (SSSR count). The second kappa shape index (κ2) is 6.50. The van der Waals surface area contributed by atoms with Gasteiger partial charge in [0, 0.05) is 32.4 Å². The fraction of sp³-hybridized carbons (Fsp3) is 0.667. The maximum Gasteiger partial charge on any atom is 0.330 e. The average Bonchev–Trinajstić information content (AvgIpc) is 2.60. The lowest BCUT2D eigenvalue weighted by Gasteiger charge is -2.59. The van der Waals surface area contributed by atoms with Crippen molar-refractivity contribution < 1.29 is 4.79 Å². The largest absolute Gasteiger partial charge is 0.350 e. The van der Waals surface area contributed by atoms with Crippen LogP contribution in [0.15, 0.2) is 21.9 Å². The van der Waals surface area contributed by atoms with Gasteiger partial charge < -0.3 is 9.88 Å². The lowest BCUT2D eigenvalue weighted by molar-refractivity contribution is -0.121. The van der Waals surface area contributed by atoms with Crippen molar-refractivity contribution in [3.8, 4) is 0 Å². The third-order valence-electron chi connectivity index (χ3n) is 7.25. The summed E-state index contributed by atoms with van der Waals surface area (Å²) in [4.78, 5) is 36.4. The summed E-state index contributed by atoms with van der Waals surface area (Å²) < 4.78 is 2.40. The number of rotatable bonds is 4. The Bertz CT molecular complexity index is 873. The van der Waals surface area contributed by atoms with Gasteiger partial charge in [0.1, 0.15) is 0 Å². The first kappa shape index (κ1) is 18.3. The molecule has 0 aromatic carbocycles. The fourth-order valence-corrected chi connectivity index (χ4v) is 6.24. The highest BCUT2D eigenvalue weighted by molar-refractivity contribution is 5.91. The molecule has 1 atom stereocenters. The van der Waals surface area contributed by atoms with Gasteiger partial charge in [-0.1, -0.05) is 0 Å². The molecule has 4 fully saturated rings. The Morgan fingerprint density at radius 1 is 1.15 bits per heavy atom. The maximum absolute atomic E-state index is 12.5. The van der Waals surface area contributed by atoms with Crippen molar-refractivity contribution in [2.45, 2.75) is 51.5 Å². The second-order valence-electron chi connectivity index (χ2n) is 9.19. The minimum absolute atomic E-state index is 0.144. The molecule has 6 heteroatoms. The van der Waals surface area contributed by atoms with Gasteiger partial charge in [0.25, 0.3) is 5.56 Å². The quantitative estimate of drug-likeness (QED) is 0.821. The molecular weight excluding hydrogens is 342 g/mol. The summed E-state index contributed by atoms with van der Waals surface area (Å²) in [5.74, 6) is 2.37. The predicted octanol–water partition coefficient (Wildman–Crippen LogP) is 1.82. The van der Waals surface area contributed by atoms with Crippen LogP contribution < -0.4 is 16.6 Å². The number of hydrogen-bond donors (Lipinski definition) is 1. The summed E-state index contributed by atoms with van der Waals surface area (Å²) in [6.07, 6.45) is 12.3. The van der Waals surface area contributed by atoms with Gasteiger partial charge in [0.15, 0.2) is 0 Å². The van der Waals surface area contributed by atoms with Gasteiger partial charge >= 0.3 is 5.69 Å². The zero-order valence-corrected chi connectivity index (χ0v) is 16.4. The van der Waals surface area contributed by atoms with Crippen LogP contribution in [0.4, 0.5) is 0 Å². The van der Waals surface area contributed by atoms with E-state index in [1.54, 1.807) is 7.05 Å². The molecule has 0 spiro atoms. The van der Waals surface area contributed by atoms with E-state index in [2.05, 4.69) is 12.2 Å². The van der Waals surface area contributed by atoms with Gasteiger partial charge in [-0.25, -0.2) is 4.79 Å². The van der Waals surface area contributed by atoms with Crippen LogP contribution in [0, 0.1) is 23.2 Å². The number of carbonyl (C=O) groups is 1. The predicted molar refractivity (Wildman–Crippen MR) is 104 cm³/mol. The lowest BCUT2D eigenvalue weighted by atomic mass is 9.48. The number of aryl methyl sites for hydroxylation is 1. The third kappa shape index (κ3) is 3.19. The smallest absolute Gasteiger partial charge is 0.330 e. The Labute approximate surface area is 159 Å². The molecule has 1 aromatic rings. The highest BCUT2D eigenvalue weighted by Crippen LogP contribution is 2.61. The number of hydrogen-bond acceptors (Lipinski definition) is 3. The number of nitrogens with one attached hydrogen (secondary N) is 1. The molecule has 4 bridgehead atoms. The summed E-state index contributed by atoms with van der Waals surface area (Å²) in [7, 11) is 3.03. The van der Waals surface area contributed by atoms with E-state index in [1.807, 2.05) is 0 Å². The van der Waals surface area contributed by atoms with E-state index in [4.69, 9.17) is 0 Å². The topological polar surface area (TPSA) is 73.1 Å². The summed E-state index contributed by atoms with van der Waals surface area (Å²) >= 11 is 0. The van der Waals surface area contributed by atoms with E-state index in [9.17, 15) is 14.4 Å². The van der Waals surface area contributed by atoms with E-state index in [0.29, 0.717) is 5.56 Å². The van der Waals surface area contributed by atoms with E-state index >= 15 is 0 Å². The van der Waals surface area contributed by atoms with Gasteiger partial charge in [-0.3, -0.25) is 14.2 Å². The molecule has 1 N–H and O–H groups in total. The molecule has 146 valence electrons. The third-order valence-corrected chi connectivity index (χ3v) is 7.25. The Hall–Kier alpha value is -2.11. The number of aromatic nitrogens is 2. The first-order chi connectivity index (χ1) is 12.8. The van der Waals surface area contributed by atoms with Crippen molar-refractivity contribution >= 4 is 12.0 Å². The minimum atomic E-state index is -0.392. The molecule has 0 saturated heterocycles. The van der Waals surface area contributed by atoms with Crippen LogP contribution in [-0.2, 0) is 18.9 Å². The average molecular weight is 371 g/mol. The monoisotopic (exact) mass is 371 g/mol. The number of nitrogens with zero attached hydrogens (tertiary/aromatic N) is 2. The Balaban J connectivity index is 1.46. The summed E-state index contributed by atoms with van der Waals surface area (Å²) in [6, 6.07) is 0.144. The molecule has 4 saturated carbocycles. The first-order valence-corrected chi connectivity index (χ1v) is 10.0. The van der Waals surface area contributed by atoms with Gasteiger partial charge in [0.05, 0.1) is 5.56 Å². The van der Waals surface area contributed by atoms with Crippen molar-refractivity contribution in [1.82, 2.24) is 14.5 Å². The summed E-state index contributed by atoms with van der Waals surface area (Å²) in [5, 5.41) is 3.16. The second-order valence-corrected chi connectivity index (χ2v) is 9.19. The Kier molecular flexibility index (Phi) is 4.40. The van der Waals surface area contributed by atoms with Crippen molar-refractivity contribution in [2.75, 3.05) is 0 Å². The van der Waals surface area contributed by atoms with Gasteiger partial charge in [0.2, 0.25) is 5.91 Å². The molecule has 1 amide bonds. The molecule has 1 unspecified atom stereocenters. The summed E-state index contributed by atoms with van der Waals surface area (Å²) in [6.45, 7) is 2.14. The van der Waals surface area contributed by atoms with Gasteiger partial charge in [-0.05, 0) is 74.7 Å². The molecule has 6 nitrogen and oxygen atoms in total.